The third kappa shape index (κ3) is 8.18. The van der Waals surface area contributed by atoms with E-state index in [4.69, 9.17) is 4.74 Å². The van der Waals surface area contributed by atoms with E-state index in [0.717, 1.165) is 24.0 Å². The van der Waals surface area contributed by atoms with Gasteiger partial charge in [0.15, 0.2) is 6.10 Å². The molecule has 37 heavy (non-hydrogen) atoms. The lowest BCUT2D eigenvalue weighted by molar-refractivity contribution is -0.125. The van der Waals surface area contributed by atoms with E-state index in [-0.39, 0.29) is 5.41 Å². The number of aliphatic hydroxyl groups is 1. The second-order valence-corrected chi connectivity index (χ2v) is 10.4. The van der Waals surface area contributed by atoms with Gasteiger partial charge in [0, 0.05) is 23.2 Å². The summed E-state index contributed by atoms with van der Waals surface area (Å²) in [6.45, 7) is 10.3. The zero-order chi connectivity index (χ0) is 27.0. The van der Waals surface area contributed by atoms with E-state index in [1.807, 2.05) is 52.9 Å². The highest BCUT2D eigenvalue weighted by atomic mass is 16.6. The number of ether oxygens (including phenoxy) is 1. The molecule has 1 unspecified atom stereocenters. The molecule has 0 fully saturated rings. The summed E-state index contributed by atoms with van der Waals surface area (Å²) in [5, 5.41) is 26.8. The second kappa shape index (κ2) is 12.5. The molecule has 3 rings (SSSR count). The molecule has 10 heteroatoms. The first-order valence-electron chi connectivity index (χ1n) is 12.6. The number of carbonyl (C=O) groups is 2. The fourth-order valence-electron chi connectivity index (χ4n) is 3.78. The number of anilines is 1. The number of carbonyl (C=O) groups excluding carboxylic acids is 2. The fourth-order valence-corrected chi connectivity index (χ4v) is 3.78. The van der Waals surface area contributed by atoms with Crippen LogP contribution in [0.4, 0.5) is 10.6 Å². The summed E-state index contributed by atoms with van der Waals surface area (Å²) in [6, 6.07) is 8.96. The van der Waals surface area contributed by atoms with Gasteiger partial charge >= 0.3 is 6.09 Å². The van der Waals surface area contributed by atoms with Crippen molar-refractivity contribution >= 4 is 17.8 Å². The third-order valence-corrected chi connectivity index (χ3v) is 6.17. The maximum atomic E-state index is 12.9. The van der Waals surface area contributed by atoms with E-state index in [1.165, 1.54) is 11.8 Å². The molecule has 4 N–H and O–H groups in total. The van der Waals surface area contributed by atoms with Crippen LogP contribution in [0.15, 0.2) is 48.9 Å². The highest BCUT2D eigenvalue weighted by Crippen LogP contribution is 2.25. The van der Waals surface area contributed by atoms with Gasteiger partial charge in [-0.1, -0.05) is 70.4 Å². The minimum Gasteiger partial charge on any atom is -0.444 e. The number of rotatable bonds is 11. The molecule has 0 saturated carbocycles. The van der Waals surface area contributed by atoms with Crippen molar-refractivity contribution in [3.8, 4) is 11.1 Å². The van der Waals surface area contributed by atoms with Gasteiger partial charge in [0.05, 0.1) is 25.0 Å². The highest BCUT2D eigenvalue weighted by molar-refractivity contribution is 5.94. The average molecular weight is 511 g/mol. The van der Waals surface area contributed by atoms with Crippen LogP contribution in [0.3, 0.4) is 0 Å². The number of aromatic amines is 1. The summed E-state index contributed by atoms with van der Waals surface area (Å²) in [6.07, 6.45) is 4.52. The van der Waals surface area contributed by atoms with Crippen molar-refractivity contribution in [3.63, 3.8) is 0 Å². The van der Waals surface area contributed by atoms with Crippen LogP contribution in [0.2, 0.25) is 0 Å². The van der Waals surface area contributed by atoms with Gasteiger partial charge in [-0.2, -0.15) is 10.2 Å². The topological polar surface area (TPSA) is 134 Å². The van der Waals surface area contributed by atoms with Crippen molar-refractivity contribution < 1.29 is 19.4 Å². The molecule has 3 aromatic rings. The molecule has 0 aliphatic carbocycles. The summed E-state index contributed by atoms with van der Waals surface area (Å²) in [7, 11) is 0. The number of aliphatic hydroxyl groups excluding tert-OH is 1. The first-order chi connectivity index (χ1) is 17.6. The van der Waals surface area contributed by atoms with E-state index in [0.29, 0.717) is 18.8 Å². The molecule has 1 aromatic carbocycles. The lowest BCUT2D eigenvalue weighted by Gasteiger charge is -2.31. The normalized spacial score (nSPS) is 14.0. The number of nitrogens with one attached hydrogen (secondary N) is 3. The van der Waals surface area contributed by atoms with E-state index in [2.05, 4.69) is 38.1 Å². The quantitative estimate of drug-likeness (QED) is 0.304. The Morgan fingerprint density at radius 3 is 2.51 bits per heavy atom. The Hall–Kier alpha value is -3.66. The largest absolute Gasteiger partial charge is 0.444 e. The van der Waals surface area contributed by atoms with Crippen LogP contribution in [-0.2, 0) is 16.1 Å². The smallest absolute Gasteiger partial charge is 0.407 e. The molecule has 0 aliphatic heterocycles. The Morgan fingerprint density at radius 1 is 1.16 bits per heavy atom. The zero-order valence-corrected chi connectivity index (χ0v) is 22.2. The Labute approximate surface area is 217 Å². The SMILES string of the molecule is CCCC[C@H](NC(=O)O[C@H](Cn1cc(-c2ccc(C)cc2)cn1)C(C)(C)C)C(O)C(=O)Nc1ccn[nH]1. The Morgan fingerprint density at radius 2 is 1.89 bits per heavy atom. The van der Waals surface area contributed by atoms with Gasteiger partial charge in [-0.25, -0.2) is 4.79 Å². The molecule has 0 spiro atoms. The lowest BCUT2D eigenvalue weighted by Crippen LogP contribution is -2.50. The Bertz CT molecular complexity index is 1130. The van der Waals surface area contributed by atoms with Crippen molar-refractivity contribution in [2.75, 3.05) is 5.32 Å². The number of benzene rings is 1. The van der Waals surface area contributed by atoms with Gasteiger partial charge in [-0.3, -0.25) is 14.6 Å². The summed E-state index contributed by atoms with van der Waals surface area (Å²) in [5.41, 5.74) is 2.83. The van der Waals surface area contributed by atoms with Crippen LogP contribution in [-0.4, -0.2) is 55.3 Å². The van der Waals surface area contributed by atoms with Gasteiger partial charge in [0.1, 0.15) is 11.9 Å². The first-order valence-corrected chi connectivity index (χ1v) is 12.6. The summed E-state index contributed by atoms with van der Waals surface area (Å²) in [5.74, 6) is -0.281. The minimum atomic E-state index is -1.46. The van der Waals surface area contributed by atoms with Gasteiger partial charge in [0.2, 0.25) is 0 Å². The third-order valence-electron chi connectivity index (χ3n) is 6.17. The van der Waals surface area contributed by atoms with Crippen LogP contribution >= 0.6 is 0 Å². The van der Waals surface area contributed by atoms with Gasteiger partial charge in [-0.05, 0) is 18.9 Å². The number of hydrogen-bond acceptors (Lipinski definition) is 6. The molecule has 2 heterocycles. The van der Waals surface area contributed by atoms with Gasteiger partial charge < -0.3 is 20.5 Å². The monoisotopic (exact) mass is 510 g/mol. The molecule has 2 aromatic heterocycles. The molecule has 0 aliphatic rings. The van der Waals surface area contributed by atoms with Crippen molar-refractivity contribution in [2.45, 2.75) is 78.7 Å². The maximum Gasteiger partial charge on any atom is 0.407 e. The van der Waals surface area contributed by atoms with Crippen molar-refractivity contribution in [3.05, 3.63) is 54.5 Å². The highest BCUT2D eigenvalue weighted by Gasteiger charge is 2.32. The number of alkyl carbamates (subject to hydrolysis) is 1. The van der Waals surface area contributed by atoms with Crippen LogP contribution in [0.25, 0.3) is 11.1 Å². The minimum absolute atomic E-state index is 0.352. The molecule has 0 radical (unpaired) electrons. The summed E-state index contributed by atoms with van der Waals surface area (Å²) < 4.78 is 7.59. The molecular formula is C27H38N6O4. The molecule has 2 amide bonds. The molecular weight excluding hydrogens is 472 g/mol. The Balaban J connectivity index is 1.66. The van der Waals surface area contributed by atoms with Crippen molar-refractivity contribution in [1.82, 2.24) is 25.3 Å². The maximum absolute atomic E-state index is 12.9. The molecule has 0 saturated heterocycles. The predicted octanol–water partition coefficient (Wildman–Crippen LogP) is 4.28. The van der Waals surface area contributed by atoms with Crippen LogP contribution in [0.1, 0.15) is 52.5 Å². The number of unbranched alkanes of at least 4 members (excludes halogenated alkanes) is 1. The van der Waals surface area contributed by atoms with E-state index in [1.54, 1.807) is 16.9 Å². The lowest BCUT2D eigenvalue weighted by atomic mass is 9.89. The number of amides is 2. The number of aryl methyl sites for hydroxylation is 1. The predicted molar refractivity (Wildman–Crippen MR) is 142 cm³/mol. The van der Waals surface area contributed by atoms with E-state index < -0.39 is 30.3 Å². The van der Waals surface area contributed by atoms with Crippen LogP contribution in [0, 0.1) is 12.3 Å². The first kappa shape index (κ1) is 27.9. The van der Waals surface area contributed by atoms with E-state index in [9.17, 15) is 14.7 Å². The van der Waals surface area contributed by atoms with Crippen LogP contribution in [0.5, 0.6) is 0 Å². The average Bonchev–Trinajstić information content (AvgIpc) is 3.53. The molecule has 200 valence electrons. The van der Waals surface area contributed by atoms with Gasteiger partial charge in [0.25, 0.3) is 5.91 Å². The fraction of sp³-hybridized carbons (Fsp3) is 0.481. The standard InChI is InChI=1S/C27H38N6O4/c1-6-7-8-21(24(34)25(35)31-23-13-14-28-32-23)30-26(36)37-22(27(3,4)5)17-33-16-20(15-29-33)19-11-9-18(2)10-12-19/h9-16,21-22,24,34H,6-8,17H2,1-5H3,(H,30,36)(H2,28,31,32,35)/t21-,22+,24?/m0/s1. The number of hydrogen-bond donors (Lipinski definition) is 4. The second-order valence-electron chi connectivity index (χ2n) is 10.4. The Kier molecular flexibility index (Phi) is 9.46. The summed E-state index contributed by atoms with van der Waals surface area (Å²) in [4.78, 5) is 25.5. The number of aromatic nitrogens is 4. The zero-order valence-electron chi connectivity index (χ0n) is 22.2. The van der Waals surface area contributed by atoms with Crippen LogP contribution < -0.4 is 10.6 Å². The van der Waals surface area contributed by atoms with Gasteiger partial charge in [-0.15, -0.1) is 0 Å². The molecule has 0 bridgehead atoms. The molecule has 10 nitrogen and oxygen atoms in total. The summed E-state index contributed by atoms with van der Waals surface area (Å²) >= 11 is 0. The molecule has 3 atom stereocenters. The number of nitrogens with zero attached hydrogens (tertiary/aromatic N) is 3. The van der Waals surface area contributed by atoms with E-state index >= 15 is 0 Å². The van der Waals surface area contributed by atoms with Crippen molar-refractivity contribution in [2.24, 2.45) is 5.41 Å². The van der Waals surface area contributed by atoms with Crippen molar-refractivity contribution in [1.29, 1.82) is 0 Å². The number of H-pyrrole nitrogens is 1.